The molecule has 0 saturated heterocycles. The fraction of sp³-hybridized carbons (Fsp3) is 0.294. The molecule has 0 aliphatic heterocycles. The summed E-state index contributed by atoms with van der Waals surface area (Å²) < 4.78 is 7.02. The van der Waals surface area contributed by atoms with Crippen molar-refractivity contribution in [2.24, 2.45) is 0 Å². The lowest BCUT2D eigenvalue weighted by Crippen LogP contribution is -2.21. The van der Waals surface area contributed by atoms with Crippen LogP contribution < -0.4 is 4.74 Å². The van der Waals surface area contributed by atoms with Gasteiger partial charge in [-0.05, 0) is 25.0 Å². The highest BCUT2D eigenvalue weighted by Crippen LogP contribution is 2.36. The molecule has 6 heteroatoms. The predicted octanol–water partition coefficient (Wildman–Crippen LogP) is 2.35. The van der Waals surface area contributed by atoms with Gasteiger partial charge in [0, 0.05) is 18.5 Å². The van der Waals surface area contributed by atoms with Gasteiger partial charge in [0.1, 0.15) is 11.6 Å². The number of para-hydroxylation sites is 1. The molecule has 0 saturated carbocycles. The SMILES string of the molecule is COc1ccccc1[C@H]1CC(=O)c2cn3nc(C)nc3nc2C1. The van der Waals surface area contributed by atoms with Crippen LogP contribution in [0.1, 0.15) is 39.8 Å². The molecule has 1 aromatic carbocycles. The van der Waals surface area contributed by atoms with Crippen molar-refractivity contribution in [3.63, 3.8) is 0 Å². The number of nitrogens with zero attached hydrogens (tertiary/aromatic N) is 4. The maximum atomic E-state index is 12.6. The van der Waals surface area contributed by atoms with E-state index in [-0.39, 0.29) is 11.7 Å². The van der Waals surface area contributed by atoms with Gasteiger partial charge in [0.2, 0.25) is 0 Å². The first-order chi connectivity index (χ1) is 11.2. The van der Waals surface area contributed by atoms with E-state index in [1.54, 1.807) is 17.8 Å². The number of carbonyl (C=O) groups excluding carboxylic acids is 1. The van der Waals surface area contributed by atoms with Crippen molar-refractivity contribution in [2.45, 2.75) is 25.7 Å². The summed E-state index contributed by atoms with van der Waals surface area (Å²) in [5.74, 6) is 2.16. The summed E-state index contributed by atoms with van der Waals surface area (Å²) in [6.07, 6.45) is 2.90. The average molecular weight is 308 g/mol. The fourth-order valence-electron chi connectivity index (χ4n) is 3.21. The molecule has 0 N–H and O–H groups in total. The first-order valence-corrected chi connectivity index (χ1v) is 7.54. The summed E-state index contributed by atoms with van der Waals surface area (Å²) >= 11 is 0. The minimum Gasteiger partial charge on any atom is -0.496 e. The number of hydrogen-bond donors (Lipinski definition) is 0. The minimum atomic E-state index is 0.0742. The maximum Gasteiger partial charge on any atom is 0.252 e. The molecule has 2 aromatic heterocycles. The monoisotopic (exact) mass is 308 g/mol. The third-order valence-electron chi connectivity index (χ3n) is 4.27. The largest absolute Gasteiger partial charge is 0.496 e. The number of rotatable bonds is 2. The fourth-order valence-corrected chi connectivity index (χ4v) is 3.21. The van der Waals surface area contributed by atoms with Crippen LogP contribution in [-0.2, 0) is 6.42 Å². The molecule has 6 nitrogen and oxygen atoms in total. The Morgan fingerprint density at radius 1 is 1.22 bits per heavy atom. The van der Waals surface area contributed by atoms with Crippen LogP contribution in [0.2, 0.25) is 0 Å². The van der Waals surface area contributed by atoms with E-state index in [1.165, 1.54) is 0 Å². The highest BCUT2D eigenvalue weighted by Gasteiger charge is 2.30. The smallest absolute Gasteiger partial charge is 0.252 e. The van der Waals surface area contributed by atoms with Gasteiger partial charge in [-0.3, -0.25) is 4.79 Å². The number of ketones is 1. The van der Waals surface area contributed by atoms with Crippen molar-refractivity contribution in [2.75, 3.05) is 7.11 Å². The van der Waals surface area contributed by atoms with E-state index in [0.29, 0.717) is 30.0 Å². The Hall–Kier alpha value is -2.76. The van der Waals surface area contributed by atoms with Crippen LogP contribution in [-0.4, -0.2) is 32.5 Å². The zero-order valence-electron chi connectivity index (χ0n) is 13.0. The molecule has 1 aliphatic carbocycles. The first kappa shape index (κ1) is 13.9. The van der Waals surface area contributed by atoms with Gasteiger partial charge in [-0.25, -0.2) is 9.50 Å². The van der Waals surface area contributed by atoms with Crippen LogP contribution in [0.5, 0.6) is 5.75 Å². The highest BCUT2D eigenvalue weighted by molar-refractivity contribution is 5.98. The molecule has 2 heterocycles. The molecule has 1 atom stereocenters. The van der Waals surface area contributed by atoms with E-state index < -0.39 is 0 Å². The van der Waals surface area contributed by atoms with E-state index >= 15 is 0 Å². The minimum absolute atomic E-state index is 0.0742. The maximum absolute atomic E-state index is 12.6. The van der Waals surface area contributed by atoms with Gasteiger partial charge >= 0.3 is 0 Å². The van der Waals surface area contributed by atoms with Crippen LogP contribution in [0, 0.1) is 6.92 Å². The zero-order valence-corrected chi connectivity index (χ0v) is 13.0. The zero-order chi connectivity index (χ0) is 16.0. The van der Waals surface area contributed by atoms with Gasteiger partial charge < -0.3 is 4.74 Å². The van der Waals surface area contributed by atoms with E-state index in [4.69, 9.17) is 4.74 Å². The first-order valence-electron chi connectivity index (χ1n) is 7.54. The molecule has 0 spiro atoms. The third-order valence-corrected chi connectivity index (χ3v) is 4.27. The van der Waals surface area contributed by atoms with Crippen LogP contribution in [0.15, 0.2) is 30.5 Å². The summed E-state index contributed by atoms with van der Waals surface area (Å²) in [6.45, 7) is 1.81. The lowest BCUT2D eigenvalue weighted by Gasteiger charge is -2.24. The Labute approximate surface area is 133 Å². The summed E-state index contributed by atoms with van der Waals surface area (Å²) in [7, 11) is 1.65. The van der Waals surface area contributed by atoms with Gasteiger partial charge in [-0.15, -0.1) is 0 Å². The number of aromatic nitrogens is 4. The molecule has 0 fully saturated rings. The lowest BCUT2D eigenvalue weighted by molar-refractivity contribution is 0.0962. The molecule has 0 unspecified atom stereocenters. The average Bonchev–Trinajstić information content (AvgIpc) is 2.92. The predicted molar refractivity (Wildman–Crippen MR) is 83.9 cm³/mol. The van der Waals surface area contributed by atoms with Crippen molar-refractivity contribution in [1.82, 2.24) is 19.6 Å². The van der Waals surface area contributed by atoms with E-state index in [2.05, 4.69) is 15.1 Å². The molecule has 1 aliphatic rings. The van der Waals surface area contributed by atoms with E-state index in [9.17, 15) is 4.79 Å². The molecule has 3 aromatic rings. The Kier molecular flexibility index (Phi) is 3.11. The Balaban J connectivity index is 1.79. The quantitative estimate of drug-likeness (QED) is 0.727. The molecule has 0 amide bonds. The second kappa shape index (κ2) is 5.15. The summed E-state index contributed by atoms with van der Waals surface area (Å²) in [5, 5.41) is 4.23. The van der Waals surface area contributed by atoms with Crippen molar-refractivity contribution >= 4 is 11.6 Å². The second-order valence-corrected chi connectivity index (χ2v) is 5.78. The topological polar surface area (TPSA) is 69.4 Å². The molecule has 4 rings (SSSR count). The van der Waals surface area contributed by atoms with Gasteiger partial charge in [0.15, 0.2) is 5.78 Å². The van der Waals surface area contributed by atoms with Gasteiger partial charge in [0.25, 0.3) is 5.78 Å². The van der Waals surface area contributed by atoms with Gasteiger partial charge in [0.05, 0.1) is 18.4 Å². The highest BCUT2D eigenvalue weighted by atomic mass is 16.5. The number of carbonyl (C=O) groups is 1. The summed E-state index contributed by atoms with van der Waals surface area (Å²) in [6, 6.07) is 7.84. The van der Waals surface area contributed by atoms with Crippen molar-refractivity contribution < 1.29 is 9.53 Å². The van der Waals surface area contributed by atoms with Crippen molar-refractivity contribution in [1.29, 1.82) is 0 Å². The standard InChI is InChI=1S/C17H16N4O2/c1-10-18-17-19-14-7-11(12-5-3-4-6-16(12)23-2)8-15(22)13(14)9-21(17)20-10/h3-6,9,11H,7-8H2,1-2H3/t11-/m1/s1. The second-order valence-electron chi connectivity index (χ2n) is 5.78. The van der Waals surface area contributed by atoms with Gasteiger partial charge in [-0.1, -0.05) is 18.2 Å². The molecule has 116 valence electrons. The third kappa shape index (κ3) is 2.27. The Bertz CT molecular complexity index is 916. The lowest BCUT2D eigenvalue weighted by atomic mass is 9.82. The summed E-state index contributed by atoms with van der Waals surface area (Å²) in [5.41, 5.74) is 2.49. The van der Waals surface area contributed by atoms with Gasteiger partial charge in [-0.2, -0.15) is 10.1 Å². The molecular weight excluding hydrogens is 292 g/mol. The van der Waals surface area contributed by atoms with Crippen molar-refractivity contribution in [3.8, 4) is 5.75 Å². The molecule has 0 bridgehead atoms. The molecule has 0 radical (unpaired) electrons. The number of hydrogen-bond acceptors (Lipinski definition) is 5. The summed E-state index contributed by atoms with van der Waals surface area (Å²) in [4.78, 5) is 21.4. The number of benzene rings is 1. The number of fused-ring (bicyclic) bond motifs is 2. The van der Waals surface area contributed by atoms with Crippen LogP contribution >= 0.6 is 0 Å². The number of ether oxygens (including phenoxy) is 1. The number of Topliss-reactive ketones (excluding diaryl/α,β-unsaturated/α-hetero) is 1. The van der Waals surface area contributed by atoms with E-state index in [1.807, 2.05) is 31.2 Å². The van der Waals surface area contributed by atoms with Crippen LogP contribution in [0.25, 0.3) is 5.78 Å². The van der Waals surface area contributed by atoms with Crippen molar-refractivity contribution in [3.05, 3.63) is 53.1 Å². The van der Waals surface area contributed by atoms with Crippen LogP contribution in [0.4, 0.5) is 0 Å². The Morgan fingerprint density at radius 3 is 2.87 bits per heavy atom. The van der Waals surface area contributed by atoms with E-state index in [0.717, 1.165) is 17.0 Å². The number of aryl methyl sites for hydroxylation is 1. The number of methoxy groups -OCH3 is 1. The molecule has 23 heavy (non-hydrogen) atoms. The Morgan fingerprint density at radius 2 is 2.04 bits per heavy atom. The van der Waals surface area contributed by atoms with Crippen LogP contribution in [0.3, 0.4) is 0 Å². The normalized spacial score (nSPS) is 17.3. The molecular formula is C17H16N4O2.